The first-order valence-electron chi connectivity index (χ1n) is 7.64. The van der Waals surface area contributed by atoms with Gasteiger partial charge in [0.1, 0.15) is 22.7 Å². The minimum atomic E-state index is -0.417. The number of esters is 1. The maximum Gasteiger partial charge on any atom is 0.342 e. The number of fused-ring (bicyclic) bond motifs is 1. The number of furan rings is 1. The van der Waals surface area contributed by atoms with E-state index < -0.39 is 5.97 Å². The van der Waals surface area contributed by atoms with Gasteiger partial charge in [-0.15, -0.1) is 0 Å². The summed E-state index contributed by atoms with van der Waals surface area (Å²) in [5.74, 6) is 0.270. The van der Waals surface area contributed by atoms with Crippen LogP contribution in [0.1, 0.15) is 28.6 Å². The summed E-state index contributed by atoms with van der Waals surface area (Å²) in [5.41, 5.74) is 2.16. The van der Waals surface area contributed by atoms with Gasteiger partial charge < -0.3 is 14.3 Å². The highest BCUT2D eigenvalue weighted by atomic mass is 16.5. The molecular weight excluding hydrogens is 292 g/mol. The van der Waals surface area contributed by atoms with Crippen LogP contribution in [0.15, 0.2) is 52.9 Å². The van der Waals surface area contributed by atoms with Crippen LogP contribution in [0.2, 0.25) is 0 Å². The molecule has 4 nitrogen and oxygen atoms in total. The quantitative estimate of drug-likeness (QED) is 0.721. The van der Waals surface area contributed by atoms with Gasteiger partial charge in [0.25, 0.3) is 0 Å². The van der Waals surface area contributed by atoms with E-state index in [-0.39, 0.29) is 5.75 Å². The number of ether oxygens (including phenoxy) is 1. The third-order valence-corrected chi connectivity index (χ3v) is 3.71. The maximum absolute atomic E-state index is 12.3. The Labute approximate surface area is 134 Å². The second-order valence-electron chi connectivity index (χ2n) is 5.29. The van der Waals surface area contributed by atoms with Gasteiger partial charge in [-0.3, -0.25) is 0 Å². The van der Waals surface area contributed by atoms with Crippen molar-refractivity contribution in [2.45, 2.75) is 19.8 Å². The van der Waals surface area contributed by atoms with Crippen LogP contribution in [-0.4, -0.2) is 17.7 Å². The summed E-state index contributed by atoms with van der Waals surface area (Å²) >= 11 is 0. The molecule has 0 amide bonds. The average molecular weight is 310 g/mol. The van der Waals surface area contributed by atoms with Gasteiger partial charge in [-0.05, 0) is 37.1 Å². The lowest BCUT2D eigenvalue weighted by Gasteiger charge is -2.04. The Morgan fingerprint density at radius 2 is 1.91 bits per heavy atom. The lowest BCUT2D eigenvalue weighted by Crippen LogP contribution is -2.07. The highest BCUT2D eigenvalue weighted by Gasteiger charge is 2.22. The van der Waals surface area contributed by atoms with Gasteiger partial charge in [0, 0.05) is 11.8 Å². The van der Waals surface area contributed by atoms with Crippen LogP contribution >= 0.6 is 0 Å². The molecule has 0 saturated carbocycles. The predicted molar refractivity (Wildman–Crippen MR) is 87.7 cm³/mol. The molecule has 0 aliphatic rings. The van der Waals surface area contributed by atoms with Crippen molar-refractivity contribution < 1.29 is 19.1 Å². The zero-order valence-corrected chi connectivity index (χ0v) is 12.9. The molecule has 0 atom stereocenters. The van der Waals surface area contributed by atoms with Crippen molar-refractivity contribution in [3.8, 4) is 5.75 Å². The first-order valence-corrected chi connectivity index (χ1v) is 7.64. The SMILES string of the molecule is CCOC(=O)c1c(CCc2ccccc2)oc2ccc(O)cc12. The Morgan fingerprint density at radius 1 is 1.13 bits per heavy atom. The Morgan fingerprint density at radius 3 is 2.65 bits per heavy atom. The largest absolute Gasteiger partial charge is 0.508 e. The number of phenolic OH excluding ortho intramolecular Hbond substituents is 1. The molecule has 0 aliphatic carbocycles. The van der Waals surface area contributed by atoms with Crippen molar-refractivity contribution in [1.82, 2.24) is 0 Å². The number of phenols is 1. The second-order valence-corrected chi connectivity index (χ2v) is 5.29. The molecule has 0 bridgehead atoms. The van der Waals surface area contributed by atoms with Crippen LogP contribution in [0.3, 0.4) is 0 Å². The van der Waals surface area contributed by atoms with E-state index in [0.717, 1.165) is 6.42 Å². The molecule has 3 aromatic rings. The third-order valence-electron chi connectivity index (χ3n) is 3.71. The summed E-state index contributed by atoms with van der Waals surface area (Å²) in [7, 11) is 0. The summed E-state index contributed by atoms with van der Waals surface area (Å²) in [5, 5.41) is 10.3. The average Bonchev–Trinajstić information content (AvgIpc) is 2.91. The molecule has 0 spiro atoms. The minimum absolute atomic E-state index is 0.0958. The van der Waals surface area contributed by atoms with Crippen molar-refractivity contribution in [2.24, 2.45) is 0 Å². The summed E-state index contributed by atoms with van der Waals surface area (Å²) < 4.78 is 11.0. The normalized spacial score (nSPS) is 10.8. The Hall–Kier alpha value is -2.75. The summed E-state index contributed by atoms with van der Waals surface area (Å²) in [6.07, 6.45) is 1.35. The van der Waals surface area contributed by atoms with E-state index in [9.17, 15) is 9.90 Å². The number of aromatic hydroxyl groups is 1. The van der Waals surface area contributed by atoms with E-state index in [1.165, 1.54) is 11.6 Å². The van der Waals surface area contributed by atoms with Crippen molar-refractivity contribution in [1.29, 1.82) is 0 Å². The Balaban J connectivity index is 1.97. The van der Waals surface area contributed by atoms with E-state index in [0.29, 0.717) is 35.3 Å². The molecule has 1 aromatic heterocycles. The number of hydrogen-bond acceptors (Lipinski definition) is 4. The zero-order valence-electron chi connectivity index (χ0n) is 12.9. The van der Waals surface area contributed by atoms with Gasteiger partial charge in [0.15, 0.2) is 0 Å². The van der Waals surface area contributed by atoms with Crippen molar-refractivity contribution in [2.75, 3.05) is 6.61 Å². The fourth-order valence-electron chi connectivity index (χ4n) is 2.64. The van der Waals surface area contributed by atoms with Crippen LogP contribution < -0.4 is 0 Å². The Bertz CT molecular complexity index is 818. The van der Waals surface area contributed by atoms with Gasteiger partial charge in [0.2, 0.25) is 0 Å². The smallest absolute Gasteiger partial charge is 0.342 e. The Kier molecular flexibility index (Phi) is 4.33. The van der Waals surface area contributed by atoms with E-state index in [4.69, 9.17) is 9.15 Å². The van der Waals surface area contributed by atoms with Gasteiger partial charge >= 0.3 is 5.97 Å². The monoisotopic (exact) mass is 310 g/mol. The van der Waals surface area contributed by atoms with Crippen molar-refractivity contribution >= 4 is 16.9 Å². The van der Waals surface area contributed by atoms with Crippen LogP contribution in [-0.2, 0) is 17.6 Å². The number of hydrogen-bond donors (Lipinski definition) is 1. The fourth-order valence-corrected chi connectivity index (χ4v) is 2.64. The van der Waals surface area contributed by atoms with Gasteiger partial charge in [0.05, 0.1) is 6.61 Å². The lowest BCUT2D eigenvalue weighted by molar-refractivity contribution is 0.0526. The standard InChI is InChI=1S/C19H18O4/c1-2-22-19(21)18-15-12-14(20)9-11-16(15)23-17(18)10-8-13-6-4-3-5-7-13/h3-7,9,11-12,20H,2,8,10H2,1H3. The van der Waals surface area contributed by atoms with E-state index in [1.807, 2.05) is 30.3 Å². The maximum atomic E-state index is 12.3. The molecule has 1 N–H and O–H groups in total. The first-order chi connectivity index (χ1) is 11.2. The molecule has 0 aliphatic heterocycles. The summed E-state index contributed by atoms with van der Waals surface area (Å²) in [6, 6.07) is 14.8. The van der Waals surface area contributed by atoms with Crippen LogP contribution in [0.5, 0.6) is 5.75 Å². The minimum Gasteiger partial charge on any atom is -0.508 e. The number of rotatable bonds is 5. The number of carbonyl (C=O) groups excluding carboxylic acids is 1. The third kappa shape index (κ3) is 3.21. The summed E-state index contributed by atoms with van der Waals surface area (Å²) in [6.45, 7) is 2.06. The molecule has 0 unspecified atom stereocenters. The van der Waals surface area contributed by atoms with Crippen molar-refractivity contribution in [3.63, 3.8) is 0 Å². The van der Waals surface area contributed by atoms with Gasteiger partial charge in [-0.1, -0.05) is 30.3 Å². The van der Waals surface area contributed by atoms with Gasteiger partial charge in [-0.25, -0.2) is 4.79 Å². The molecule has 3 rings (SSSR count). The number of aryl methyl sites for hydroxylation is 2. The fraction of sp³-hybridized carbons (Fsp3) is 0.211. The molecule has 0 saturated heterocycles. The molecule has 2 aromatic carbocycles. The van der Waals surface area contributed by atoms with E-state index >= 15 is 0 Å². The predicted octanol–water partition coefficient (Wildman–Crippen LogP) is 4.10. The molecule has 118 valence electrons. The van der Waals surface area contributed by atoms with Crippen molar-refractivity contribution in [3.05, 3.63) is 65.4 Å². The van der Waals surface area contributed by atoms with Crippen LogP contribution in [0.4, 0.5) is 0 Å². The number of carbonyl (C=O) groups is 1. The molecule has 0 radical (unpaired) electrons. The zero-order chi connectivity index (χ0) is 16.2. The highest BCUT2D eigenvalue weighted by molar-refractivity contribution is 6.05. The first kappa shape index (κ1) is 15.2. The molecule has 23 heavy (non-hydrogen) atoms. The highest BCUT2D eigenvalue weighted by Crippen LogP contribution is 2.30. The van der Waals surface area contributed by atoms with E-state index in [2.05, 4.69) is 0 Å². The number of benzene rings is 2. The summed E-state index contributed by atoms with van der Waals surface area (Å²) in [4.78, 5) is 12.3. The molecule has 4 heteroatoms. The van der Waals surface area contributed by atoms with E-state index in [1.54, 1.807) is 19.1 Å². The molecular formula is C19H18O4. The molecule has 1 heterocycles. The second kappa shape index (κ2) is 6.57. The van der Waals surface area contributed by atoms with Gasteiger partial charge in [-0.2, -0.15) is 0 Å². The van der Waals surface area contributed by atoms with Crippen LogP contribution in [0, 0.1) is 0 Å². The topological polar surface area (TPSA) is 59.7 Å². The lowest BCUT2D eigenvalue weighted by atomic mass is 10.0. The molecule has 0 fully saturated rings. The van der Waals surface area contributed by atoms with Crippen LogP contribution in [0.25, 0.3) is 11.0 Å².